The van der Waals surface area contributed by atoms with Crippen LogP contribution in [0.5, 0.6) is 0 Å². The number of nitrogens with zero attached hydrogens (tertiary/aromatic N) is 3. The zero-order valence-corrected chi connectivity index (χ0v) is 14.6. The second kappa shape index (κ2) is 8.97. The number of rotatable bonds is 7. The Morgan fingerprint density at radius 2 is 2.08 bits per heavy atom. The van der Waals surface area contributed by atoms with E-state index < -0.39 is 33.5 Å². The van der Waals surface area contributed by atoms with Crippen molar-refractivity contribution in [3.05, 3.63) is 29.6 Å². The Labute approximate surface area is 143 Å². The predicted octanol–water partition coefficient (Wildman–Crippen LogP) is 3.26. The maximum atomic E-state index is 12.6. The molecule has 0 aliphatic heterocycles. The van der Waals surface area contributed by atoms with E-state index in [0.29, 0.717) is 18.4 Å². The molecule has 0 fully saturated rings. The Bertz CT molecular complexity index is 698. The summed E-state index contributed by atoms with van der Waals surface area (Å²) in [5.41, 5.74) is 4.80. The molecule has 0 radical (unpaired) electrons. The molecule has 0 spiro atoms. The molecule has 0 amide bonds. The number of oxime groups is 1. The third-order valence-corrected chi connectivity index (χ3v) is 5.39. The summed E-state index contributed by atoms with van der Waals surface area (Å²) in [4.78, 5) is 8.15. The van der Waals surface area contributed by atoms with Gasteiger partial charge >= 0.3 is 6.18 Å². The van der Waals surface area contributed by atoms with Crippen LogP contribution in [0, 0.1) is 0 Å². The molecule has 0 bridgehead atoms. The van der Waals surface area contributed by atoms with E-state index in [9.17, 15) is 21.8 Å². The maximum absolute atomic E-state index is 12.6. The van der Waals surface area contributed by atoms with Crippen molar-refractivity contribution in [1.82, 2.24) is 4.98 Å². The van der Waals surface area contributed by atoms with Gasteiger partial charge in [-0.15, -0.1) is 0 Å². The molecule has 142 valence electrons. The molecule has 1 heterocycles. The first-order chi connectivity index (χ1) is 11.6. The maximum Gasteiger partial charge on any atom is 0.433 e. The van der Waals surface area contributed by atoms with Gasteiger partial charge in [-0.05, 0) is 36.6 Å². The third kappa shape index (κ3) is 6.85. The molecule has 6 nitrogen and oxygen atoms in total. The lowest BCUT2D eigenvalue weighted by Crippen LogP contribution is -2.17. The zero-order valence-electron chi connectivity index (χ0n) is 13.8. The highest BCUT2D eigenvalue weighted by Gasteiger charge is 2.32. The SMILES string of the molecule is CC(c1ccc(C(F)(F)F)nc1)S(C)(=O)=N/C(N)=N\OCCCCF. The summed E-state index contributed by atoms with van der Waals surface area (Å²) in [6.07, 6.45) is -1.46. The number of hydrogen-bond acceptors (Lipinski definition) is 4. The molecule has 2 N–H and O–H groups in total. The van der Waals surface area contributed by atoms with E-state index in [0.717, 1.165) is 12.3 Å². The van der Waals surface area contributed by atoms with Crippen LogP contribution in [-0.4, -0.2) is 34.7 Å². The first-order valence-corrected chi connectivity index (χ1v) is 9.32. The molecule has 25 heavy (non-hydrogen) atoms. The Hall–Kier alpha value is -1.91. The highest BCUT2D eigenvalue weighted by Crippen LogP contribution is 2.29. The Morgan fingerprint density at radius 1 is 1.40 bits per heavy atom. The highest BCUT2D eigenvalue weighted by molar-refractivity contribution is 7.93. The Morgan fingerprint density at radius 3 is 2.60 bits per heavy atom. The highest BCUT2D eigenvalue weighted by atomic mass is 32.2. The van der Waals surface area contributed by atoms with Crippen molar-refractivity contribution in [2.45, 2.75) is 31.2 Å². The van der Waals surface area contributed by atoms with Crippen molar-refractivity contribution in [3.8, 4) is 0 Å². The molecule has 1 aromatic rings. The number of halogens is 4. The second-order valence-electron chi connectivity index (χ2n) is 5.25. The van der Waals surface area contributed by atoms with Gasteiger partial charge in [-0.3, -0.25) is 9.37 Å². The largest absolute Gasteiger partial charge is 0.433 e. The number of unbranched alkanes of at least 4 members (excludes halogenated alkanes) is 1. The van der Waals surface area contributed by atoms with Gasteiger partial charge in [0.05, 0.1) is 21.7 Å². The Balaban J connectivity index is 2.85. The van der Waals surface area contributed by atoms with Crippen LogP contribution in [-0.2, 0) is 20.7 Å². The van der Waals surface area contributed by atoms with Gasteiger partial charge in [-0.2, -0.15) is 17.5 Å². The first-order valence-electron chi connectivity index (χ1n) is 7.33. The summed E-state index contributed by atoms with van der Waals surface area (Å²) >= 11 is 0. The topological polar surface area (TPSA) is 89.9 Å². The predicted molar refractivity (Wildman–Crippen MR) is 86.9 cm³/mol. The van der Waals surface area contributed by atoms with Gasteiger partial charge in [0.15, 0.2) is 0 Å². The minimum absolute atomic E-state index is 0.142. The van der Waals surface area contributed by atoms with Crippen molar-refractivity contribution >= 4 is 15.7 Å². The summed E-state index contributed by atoms with van der Waals surface area (Å²) in [6, 6.07) is 2.01. The van der Waals surface area contributed by atoms with E-state index in [2.05, 4.69) is 14.5 Å². The van der Waals surface area contributed by atoms with Gasteiger partial charge < -0.3 is 10.6 Å². The van der Waals surface area contributed by atoms with Crippen molar-refractivity contribution in [2.24, 2.45) is 15.3 Å². The molecule has 0 aliphatic carbocycles. The van der Waals surface area contributed by atoms with Gasteiger partial charge in [0, 0.05) is 12.5 Å². The lowest BCUT2D eigenvalue weighted by Gasteiger charge is -2.14. The average Bonchev–Trinajstić information content (AvgIpc) is 2.52. The second-order valence-corrected chi connectivity index (χ2v) is 7.86. The molecule has 0 saturated heterocycles. The summed E-state index contributed by atoms with van der Waals surface area (Å²) in [6.45, 7) is 1.21. The fourth-order valence-electron chi connectivity index (χ4n) is 1.72. The van der Waals surface area contributed by atoms with E-state index >= 15 is 0 Å². The summed E-state index contributed by atoms with van der Waals surface area (Å²) in [7, 11) is -2.95. The van der Waals surface area contributed by atoms with Crippen molar-refractivity contribution < 1.29 is 26.6 Å². The molecule has 11 heteroatoms. The number of guanidine groups is 1. The van der Waals surface area contributed by atoms with E-state index in [4.69, 9.17) is 10.6 Å². The van der Waals surface area contributed by atoms with Crippen LogP contribution in [0.25, 0.3) is 0 Å². The van der Waals surface area contributed by atoms with E-state index in [1.165, 1.54) is 19.2 Å². The normalized spacial score (nSPS) is 16.2. The Kier molecular flexibility index (Phi) is 7.59. The summed E-state index contributed by atoms with van der Waals surface area (Å²) in [5.74, 6) is -0.362. The lowest BCUT2D eigenvalue weighted by atomic mass is 10.2. The monoisotopic (exact) mass is 384 g/mol. The van der Waals surface area contributed by atoms with Crippen LogP contribution < -0.4 is 5.73 Å². The van der Waals surface area contributed by atoms with Crippen LogP contribution in [0.4, 0.5) is 17.6 Å². The van der Waals surface area contributed by atoms with Gasteiger partial charge in [0.1, 0.15) is 12.3 Å². The summed E-state index contributed by atoms with van der Waals surface area (Å²) in [5, 5.41) is 2.73. The zero-order chi connectivity index (χ0) is 19.1. The third-order valence-electron chi connectivity index (χ3n) is 3.25. The molecule has 0 aliphatic rings. The molecule has 0 aromatic carbocycles. The standard InChI is InChI=1S/C14H20F4N4O2S/c1-10(11-5-6-12(20-9-11)14(16,17)18)25(2,23)22-13(19)21-24-8-4-3-7-15/h5-6,9-10H,3-4,7-8H2,1-2H3,(H2,19,21). The molecule has 1 aromatic heterocycles. The van der Waals surface area contributed by atoms with E-state index in [1.54, 1.807) is 0 Å². The van der Waals surface area contributed by atoms with Crippen molar-refractivity contribution in [2.75, 3.05) is 19.5 Å². The smallest absolute Gasteiger partial charge is 0.393 e. The molecule has 2 atom stereocenters. The number of hydrogen-bond donors (Lipinski definition) is 1. The quantitative estimate of drug-likeness (QED) is 0.257. The van der Waals surface area contributed by atoms with E-state index in [-0.39, 0.29) is 12.6 Å². The minimum atomic E-state index is -4.55. The molecule has 2 unspecified atom stereocenters. The minimum Gasteiger partial charge on any atom is -0.393 e. The van der Waals surface area contributed by atoms with Crippen molar-refractivity contribution in [1.29, 1.82) is 0 Å². The van der Waals surface area contributed by atoms with Gasteiger partial charge in [0.25, 0.3) is 5.96 Å². The van der Waals surface area contributed by atoms with Gasteiger partial charge in [-0.25, -0.2) is 4.21 Å². The fourth-order valence-corrected chi connectivity index (χ4v) is 2.93. The number of nitrogens with two attached hydrogens (primary N) is 1. The molecule has 1 rings (SSSR count). The van der Waals surface area contributed by atoms with Crippen LogP contribution >= 0.6 is 0 Å². The van der Waals surface area contributed by atoms with E-state index in [1.807, 2.05) is 0 Å². The number of alkyl halides is 4. The first kappa shape index (κ1) is 21.1. The molecular formula is C14H20F4N4O2S. The van der Waals surface area contributed by atoms with Crippen LogP contribution in [0.1, 0.15) is 36.3 Å². The van der Waals surface area contributed by atoms with Crippen LogP contribution in [0.15, 0.2) is 27.8 Å². The summed E-state index contributed by atoms with van der Waals surface area (Å²) < 4.78 is 65.9. The van der Waals surface area contributed by atoms with Gasteiger partial charge in [0.2, 0.25) is 0 Å². The number of pyridine rings is 1. The van der Waals surface area contributed by atoms with Crippen molar-refractivity contribution in [3.63, 3.8) is 0 Å². The molecular weight excluding hydrogens is 364 g/mol. The average molecular weight is 384 g/mol. The van der Waals surface area contributed by atoms with Crippen LogP contribution in [0.2, 0.25) is 0 Å². The fraction of sp³-hybridized carbons (Fsp3) is 0.571. The lowest BCUT2D eigenvalue weighted by molar-refractivity contribution is -0.141. The molecule has 0 saturated carbocycles. The number of aromatic nitrogens is 1. The van der Waals surface area contributed by atoms with Gasteiger partial charge in [-0.1, -0.05) is 6.07 Å². The van der Waals surface area contributed by atoms with Crippen LogP contribution in [0.3, 0.4) is 0 Å².